The molecule has 0 atom stereocenters. The first kappa shape index (κ1) is 20.3. The Bertz CT molecular complexity index is 918. The molecule has 6 heteroatoms. The van der Waals surface area contributed by atoms with Gasteiger partial charge < -0.3 is 20.3 Å². The molecule has 0 spiro atoms. The predicted octanol–water partition coefficient (Wildman–Crippen LogP) is 3.96. The molecular weight excluding hydrogens is 378 g/mol. The van der Waals surface area contributed by atoms with E-state index in [1.807, 2.05) is 42.5 Å². The summed E-state index contributed by atoms with van der Waals surface area (Å²) in [5, 5.41) is 6.03. The number of hydrogen-bond acceptors (Lipinski definition) is 4. The van der Waals surface area contributed by atoms with Gasteiger partial charge in [0.15, 0.2) is 0 Å². The van der Waals surface area contributed by atoms with Crippen LogP contribution in [0.25, 0.3) is 0 Å². The third-order valence-corrected chi connectivity index (χ3v) is 5.74. The molecule has 0 unspecified atom stereocenters. The zero-order chi connectivity index (χ0) is 20.9. The van der Waals surface area contributed by atoms with Crippen molar-refractivity contribution < 1.29 is 14.3 Å². The molecule has 1 aliphatic heterocycles. The number of nitrogens with one attached hydrogen (secondary N) is 2. The highest BCUT2D eigenvalue weighted by Crippen LogP contribution is 2.32. The molecule has 0 radical (unpaired) electrons. The van der Waals surface area contributed by atoms with Crippen LogP contribution in [-0.4, -0.2) is 32.0 Å². The number of piperidine rings is 1. The molecule has 30 heavy (non-hydrogen) atoms. The molecule has 2 aliphatic rings. The van der Waals surface area contributed by atoms with Crippen LogP contribution < -0.4 is 20.3 Å². The molecule has 1 saturated carbocycles. The van der Waals surface area contributed by atoms with Crippen LogP contribution in [0.5, 0.6) is 5.75 Å². The van der Waals surface area contributed by atoms with E-state index in [0.29, 0.717) is 12.1 Å². The van der Waals surface area contributed by atoms with E-state index < -0.39 is 0 Å². The third kappa shape index (κ3) is 4.93. The van der Waals surface area contributed by atoms with Crippen LogP contribution in [0.15, 0.2) is 42.5 Å². The maximum atomic E-state index is 13.0. The van der Waals surface area contributed by atoms with Gasteiger partial charge in [0.05, 0.1) is 18.4 Å². The lowest BCUT2D eigenvalue weighted by molar-refractivity contribution is -0.117. The highest BCUT2D eigenvalue weighted by Gasteiger charge is 2.30. The highest BCUT2D eigenvalue weighted by molar-refractivity contribution is 6.02. The molecule has 158 valence electrons. The van der Waals surface area contributed by atoms with Crippen molar-refractivity contribution in [2.45, 2.75) is 38.6 Å². The highest BCUT2D eigenvalue weighted by atomic mass is 16.5. The standard InChI is InChI=1S/C24H29N3O3/c1-30-20-7-5-6-17(14-20)16-25-24(29)21-11-10-19(26-23(28)18-8-9-18)15-22(21)27-12-3-2-4-13-27/h5-7,10-11,14-15,18H,2-4,8-9,12-13,16H2,1H3,(H,25,29)(H,26,28). The number of carbonyl (C=O) groups is 2. The number of amides is 2. The first-order chi connectivity index (χ1) is 14.6. The number of nitrogens with zero attached hydrogens (tertiary/aromatic N) is 1. The lowest BCUT2D eigenvalue weighted by Gasteiger charge is -2.30. The van der Waals surface area contributed by atoms with E-state index in [0.717, 1.165) is 61.5 Å². The molecule has 0 bridgehead atoms. The molecule has 1 heterocycles. The minimum absolute atomic E-state index is 0.0785. The number of ether oxygens (including phenoxy) is 1. The van der Waals surface area contributed by atoms with Gasteiger partial charge in [-0.3, -0.25) is 9.59 Å². The van der Waals surface area contributed by atoms with Crippen LogP contribution in [0.1, 0.15) is 48.0 Å². The van der Waals surface area contributed by atoms with E-state index in [9.17, 15) is 9.59 Å². The molecule has 2 N–H and O–H groups in total. The van der Waals surface area contributed by atoms with E-state index in [-0.39, 0.29) is 17.7 Å². The number of hydrogen-bond donors (Lipinski definition) is 2. The first-order valence-electron chi connectivity index (χ1n) is 10.7. The minimum atomic E-state index is -0.113. The monoisotopic (exact) mass is 407 g/mol. The second-order valence-corrected chi connectivity index (χ2v) is 8.08. The second kappa shape index (κ2) is 9.20. The van der Waals surface area contributed by atoms with Crippen LogP contribution in [0.4, 0.5) is 11.4 Å². The Kier molecular flexibility index (Phi) is 6.21. The summed E-state index contributed by atoms with van der Waals surface area (Å²) in [6.45, 7) is 2.28. The number of methoxy groups -OCH3 is 1. The smallest absolute Gasteiger partial charge is 0.253 e. The average Bonchev–Trinajstić information content (AvgIpc) is 3.64. The van der Waals surface area contributed by atoms with Gasteiger partial charge in [-0.15, -0.1) is 0 Å². The summed E-state index contributed by atoms with van der Waals surface area (Å²) in [7, 11) is 1.63. The van der Waals surface area contributed by atoms with E-state index in [4.69, 9.17) is 4.74 Å². The molecule has 2 amide bonds. The van der Waals surface area contributed by atoms with Gasteiger partial charge in [0, 0.05) is 31.2 Å². The molecule has 1 saturated heterocycles. The van der Waals surface area contributed by atoms with Crippen molar-refractivity contribution in [2.24, 2.45) is 5.92 Å². The van der Waals surface area contributed by atoms with Crippen LogP contribution in [0, 0.1) is 5.92 Å². The topological polar surface area (TPSA) is 70.7 Å². The van der Waals surface area contributed by atoms with Crippen molar-refractivity contribution in [3.05, 3.63) is 53.6 Å². The van der Waals surface area contributed by atoms with Gasteiger partial charge in [-0.1, -0.05) is 12.1 Å². The summed E-state index contributed by atoms with van der Waals surface area (Å²) < 4.78 is 5.26. The van der Waals surface area contributed by atoms with Crippen LogP contribution in [-0.2, 0) is 11.3 Å². The SMILES string of the molecule is COc1cccc(CNC(=O)c2ccc(NC(=O)C3CC3)cc2N2CCCCC2)c1. The number of anilines is 2. The third-order valence-electron chi connectivity index (χ3n) is 5.74. The Labute approximate surface area is 177 Å². The van der Waals surface area contributed by atoms with E-state index in [1.54, 1.807) is 7.11 Å². The first-order valence-corrected chi connectivity index (χ1v) is 10.7. The zero-order valence-corrected chi connectivity index (χ0v) is 17.4. The molecule has 1 aliphatic carbocycles. The fourth-order valence-corrected chi connectivity index (χ4v) is 3.85. The zero-order valence-electron chi connectivity index (χ0n) is 17.4. The lowest BCUT2D eigenvalue weighted by Crippen LogP contribution is -2.32. The number of benzene rings is 2. The van der Waals surface area contributed by atoms with Crippen molar-refractivity contribution in [2.75, 3.05) is 30.4 Å². The summed E-state index contributed by atoms with van der Waals surface area (Å²) in [5.74, 6) is 0.883. The van der Waals surface area contributed by atoms with Crippen molar-refractivity contribution in [1.29, 1.82) is 0 Å². The Balaban J connectivity index is 1.52. The van der Waals surface area contributed by atoms with Gasteiger partial charge in [0.25, 0.3) is 5.91 Å². The summed E-state index contributed by atoms with van der Waals surface area (Å²) in [5.41, 5.74) is 3.28. The summed E-state index contributed by atoms with van der Waals surface area (Å²) >= 11 is 0. The quantitative estimate of drug-likeness (QED) is 0.729. The van der Waals surface area contributed by atoms with Crippen molar-refractivity contribution in [3.8, 4) is 5.75 Å². The molecule has 2 fully saturated rings. The molecule has 2 aromatic carbocycles. The summed E-state index contributed by atoms with van der Waals surface area (Å²) in [6.07, 6.45) is 5.38. The fraction of sp³-hybridized carbons (Fsp3) is 0.417. The van der Waals surface area contributed by atoms with Gasteiger partial charge in [-0.2, -0.15) is 0 Å². The molecule has 0 aromatic heterocycles. The van der Waals surface area contributed by atoms with Crippen molar-refractivity contribution in [1.82, 2.24) is 5.32 Å². The van der Waals surface area contributed by atoms with Gasteiger partial charge in [0.2, 0.25) is 5.91 Å². The van der Waals surface area contributed by atoms with Crippen LogP contribution >= 0.6 is 0 Å². The Hall–Kier alpha value is -3.02. The summed E-state index contributed by atoms with van der Waals surface area (Å²) in [4.78, 5) is 27.5. The Morgan fingerprint density at radius 3 is 2.60 bits per heavy atom. The van der Waals surface area contributed by atoms with Crippen LogP contribution in [0.3, 0.4) is 0 Å². The van der Waals surface area contributed by atoms with Gasteiger partial charge in [-0.05, 0) is 68.0 Å². The van der Waals surface area contributed by atoms with E-state index in [1.165, 1.54) is 6.42 Å². The molecule has 6 nitrogen and oxygen atoms in total. The number of carbonyl (C=O) groups excluding carboxylic acids is 2. The molecular formula is C24H29N3O3. The summed E-state index contributed by atoms with van der Waals surface area (Å²) in [6, 6.07) is 13.3. The predicted molar refractivity (Wildman–Crippen MR) is 118 cm³/mol. The minimum Gasteiger partial charge on any atom is -0.497 e. The van der Waals surface area contributed by atoms with Gasteiger partial charge in [0.1, 0.15) is 5.75 Å². The largest absolute Gasteiger partial charge is 0.497 e. The van der Waals surface area contributed by atoms with Crippen molar-refractivity contribution in [3.63, 3.8) is 0 Å². The normalized spacial score (nSPS) is 16.1. The maximum absolute atomic E-state index is 13.0. The maximum Gasteiger partial charge on any atom is 0.253 e. The second-order valence-electron chi connectivity index (χ2n) is 8.08. The van der Waals surface area contributed by atoms with Crippen LogP contribution in [0.2, 0.25) is 0 Å². The average molecular weight is 408 g/mol. The molecule has 2 aromatic rings. The Morgan fingerprint density at radius 2 is 1.87 bits per heavy atom. The molecule has 4 rings (SSSR count). The van der Waals surface area contributed by atoms with E-state index >= 15 is 0 Å². The van der Waals surface area contributed by atoms with E-state index in [2.05, 4.69) is 15.5 Å². The fourth-order valence-electron chi connectivity index (χ4n) is 3.85. The van der Waals surface area contributed by atoms with Crippen molar-refractivity contribution >= 4 is 23.2 Å². The lowest BCUT2D eigenvalue weighted by atomic mass is 10.1. The number of rotatable bonds is 7. The van der Waals surface area contributed by atoms with Gasteiger partial charge in [-0.25, -0.2) is 0 Å². The van der Waals surface area contributed by atoms with Gasteiger partial charge >= 0.3 is 0 Å². The Morgan fingerprint density at radius 1 is 1.07 bits per heavy atom.